The van der Waals surface area contributed by atoms with Crippen molar-refractivity contribution in [2.24, 2.45) is 5.73 Å². The van der Waals surface area contributed by atoms with Gasteiger partial charge in [0.25, 0.3) is 0 Å². The number of nitrogens with two attached hydrogens (primary N) is 1. The molecule has 1 fully saturated rings. The molecule has 3 nitrogen and oxygen atoms in total. The van der Waals surface area contributed by atoms with Crippen molar-refractivity contribution in [3.63, 3.8) is 0 Å². The van der Waals surface area contributed by atoms with Crippen LogP contribution in [0.2, 0.25) is 0 Å². The van der Waals surface area contributed by atoms with Gasteiger partial charge in [0.15, 0.2) is 0 Å². The Kier molecular flexibility index (Phi) is 4.37. The van der Waals surface area contributed by atoms with Crippen LogP contribution in [0.25, 0.3) is 0 Å². The predicted molar refractivity (Wildman–Crippen MR) is 75.8 cm³/mol. The largest absolute Gasteiger partial charge is 0.384 e. The summed E-state index contributed by atoms with van der Waals surface area (Å²) < 4.78 is 0. The lowest BCUT2D eigenvalue weighted by Crippen LogP contribution is -2.26. The van der Waals surface area contributed by atoms with E-state index in [1.807, 2.05) is 18.2 Å². The maximum atomic E-state index is 7.49. The number of amidine groups is 1. The summed E-state index contributed by atoms with van der Waals surface area (Å²) in [6.45, 7) is 4.42. The van der Waals surface area contributed by atoms with E-state index in [0.29, 0.717) is 0 Å². The molecule has 0 aromatic heterocycles. The lowest BCUT2D eigenvalue weighted by atomic mass is 10.1. The van der Waals surface area contributed by atoms with Crippen LogP contribution in [0, 0.1) is 5.41 Å². The molecule has 1 saturated carbocycles. The maximum absolute atomic E-state index is 7.49. The highest BCUT2D eigenvalue weighted by Gasteiger charge is 2.28. The van der Waals surface area contributed by atoms with Gasteiger partial charge in [-0.3, -0.25) is 10.3 Å². The fourth-order valence-electron chi connectivity index (χ4n) is 2.26. The van der Waals surface area contributed by atoms with Crippen molar-refractivity contribution in [2.45, 2.75) is 45.2 Å². The second-order valence-corrected chi connectivity index (χ2v) is 5.17. The van der Waals surface area contributed by atoms with E-state index in [9.17, 15) is 0 Å². The van der Waals surface area contributed by atoms with Crippen LogP contribution in [0.15, 0.2) is 24.3 Å². The highest BCUT2D eigenvalue weighted by atomic mass is 15.2. The second-order valence-electron chi connectivity index (χ2n) is 5.17. The van der Waals surface area contributed by atoms with Crippen molar-refractivity contribution in [1.29, 1.82) is 5.41 Å². The van der Waals surface area contributed by atoms with Crippen LogP contribution in [-0.2, 0) is 6.54 Å². The normalized spacial score (nSPS) is 15.0. The van der Waals surface area contributed by atoms with Gasteiger partial charge in [0.1, 0.15) is 5.84 Å². The molecule has 0 saturated heterocycles. The highest BCUT2D eigenvalue weighted by molar-refractivity contribution is 5.95. The first-order valence-electron chi connectivity index (χ1n) is 6.88. The third kappa shape index (κ3) is 3.57. The van der Waals surface area contributed by atoms with E-state index in [0.717, 1.165) is 18.2 Å². The monoisotopic (exact) mass is 245 g/mol. The van der Waals surface area contributed by atoms with Gasteiger partial charge in [0, 0.05) is 18.2 Å². The predicted octanol–water partition coefficient (Wildman–Crippen LogP) is 2.74. The van der Waals surface area contributed by atoms with E-state index < -0.39 is 0 Å². The van der Waals surface area contributed by atoms with Gasteiger partial charge < -0.3 is 5.73 Å². The SMILES string of the molecule is CCCCN(Cc1cccc(C(=N)N)c1)C1CC1. The minimum Gasteiger partial charge on any atom is -0.384 e. The van der Waals surface area contributed by atoms with Gasteiger partial charge in [-0.05, 0) is 37.4 Å². The van der Waals surface area contributed by atoms with Gasteiger partial charge in [-0.1, -0.05) is 31.5 Å². The molecule has 18 heavy (non-hydrogen) atoms. The van der Waals surface area contributed by atoms with Crippen molar-refractivity contribution in [3.05, 3.63) is 35.4 Å². The maximum Gasteiger partial charge on any atom is 0.122 e. The molecule has 2 rings (SSSR count). The van der Waals surface area contributed by atoms with Crippen LogP contribution in [0.4, 0.5) is 0 Å². The molecule has 0 unspecified atom stereocenters. The van der Waals surface area contributed by atoms with Crippen molar-refractivity contribution in [2.75, 3.05) is 6.54 Å². The van der Waals surface area contributed by atoms with E-state index in [4.69, 9.17) is 11.1 Å². The number of rotatable bonds is 7. The van der Waals surface area contributed by atoms with E-state index >= 15 is 0 Å². The molecule has 3 N–H and O–H groups in total. The molecule has 1 aromatic carbocycles. The van der Waals surface area contributed by atoms with Gasteiger partial charge in [-0.25, -0.2) is 0 Å². The number of nitrogen functional groups attached to an aromatic ring is 1. The number of unbranched alkanes of at least 4 members (excludes halogenated alkanes) is 1. The second kappa shape index (κ2) is 6.01. The van der Waals surface area contributed by atoms with E-state index in [-0.39, 0.29) is 5.84 Å². The summed E-state index contributed by atoms with van der Waals surface area (Å²) in [6.07, 6.45) is 5.20. The Balaban J connectivity index is 2.01. The zero-order valence-corrected chi connectivity index (χ0v) is 11.2. The number of nitrogens with zero attached hydrogens (tertiary/aromatic N) is 1. The first-order chi connectivity index (χ1) is 8.70. The fraction of sp³-hybridized carbons (Fsp3) is 0.533. The molecule has 3 heteroatoms. The quantitative estimate of drug-likeness (QED) is 0.573. The highest BCUT2D eigenvalue weighted by Crippen LogP contribution is 2.28. The molecule has 0 amide bonds. The van der Waals surface area contributed by atoms with Crippen LogP contribution >= 0.6 is 0 Å². The van der Waals surface area contributed by atoms with Crippen LogP contribution in [0.3, 0.4) is 0 Å². The summed E-state index contributed by atoms with van der Waals surface area (Å²) >= 11 is 0. The van der Waals surface area contributed by atoms with Crippen molar-refractivity contribution < 1.29 is 0 Å². The average Bonchev–Trinajstić information content (AvgIpc) is 3.19. The Morgan fingerprint density at radius 3 is 2.83 bits per heavy atom. The van der Waals surface area contributed by atoms with Gasteiger partial charge in [-0.2, -0.15) is 0 Å². The number of hydrogen-bond acceptors (Lipinski definition) is 2. The summed E-state index contributed by atoms with van der Waals surface area (Å²) in [7, 11) is 0. The molecule has 0 radical (unpaired) electrons. The first-order valence-corrected chi connectivity index (χ1v) is 6.88. The third-order valence-electron chi connectivity index (χ3n) is 3.49. The van der Waals surface area contributed by atoms with E-state index in [1.54, 1.807) is 0 Å². The van der Waals surface area contributed by atoms with Crippen molar-refractivity contribution in [3.8, 4) is 0 Å². The van der Waals surface area contributed by atoms with Crippen LogP contribution in [-0.4, -0.2) is 23.3 Å². The van der Waals surface area contributed by atoms with Crippen LogP contribution in [0.5, 0.6) is 0 Å². The topological polar surface area (TPSA) is 53.1 Å². The lowest BCUT2D eigenvalue weighted by molar-refractivity contribution is 0.250. The van der Waals surface area contributed by atoms with Gasteiger partial charge in [0.2, 0.25) is 0 Å². The zero-order chi connectivity index (χ0) is 13.0. The summed E-state index contributed by atoms with van der Waals surface area (Å²) in [4.78, 5) is 2.57. The molecule has 98 valence electrons. The summed E-state index contributed by atoms with van der Waals surface area (Å²) in [5.74, 6) is 0.156. The molecular weight excluding hydrogens is 222 g/mol. The zero-order valence-electron chi connectivity index (χ0n) is 11.2. The Labute approximate surface area is 109 Å². The Morgan fingerprint density at radius 1 is 1.44 bits per heavy atom. The molecule has 0 spiro atoms. The summed E-state index contributed by atoms with van der Waals surface area (Å²) in [6, 6.07) is 8.87. The fourth-order valence-corrected chi connectivity index (χ4v) is 2.26. The molecule has 0 atom stereocenters. The molecular formula is C15H23N3. The minimum atomic E-state index is 0.156. The van der Waals surface area contributed by atoms with Gasteiger partial charge in [-0.15, -0.1) is 0 Å². The summed E-state index contributed by atoms with van der Waals surface area (Å²) in [5.41, 5.74) is 7.64. The van der Waals surface area contributed by atoms with Crippen LogP contribution < -0.4 is 5.73 Å². The van der Waals surface area contributed by atoms with Crippen molar-refractivity contribution >= 4 is 5.84 Å². The standard InChI is InChI=1S/C15H23N3/c1-2-3-9-18(14-7-8-14)11-12-5-4-6-13(10-12)15(16)17/h4-6,10,14H,2-3,7-9,11H2,1H3,(H3,16,17). The number of nitrogens with one attached hydrogen (secondary N) is 1. The molecule has 0 bridgehead atoms. The molecule has 1 aliphatic carbocycles. The number of benzene rings is 1. The van der Waals surface area contributed by atoms with Gasteiger partial charge >= 0.3 is 0 Å². The molecule has 0 aliphatic heterocycles. The van der Waals surface area contributed by atoms with Crippen LogP contribution in [0.1, 0.15) is 43.7 Å². The minimum absolute atomic E-state index is 0.156. The Hall–Kier alpha value is -1.35. The van der Waals surface area contributed by atoms with Crippen molar-refractivity contribution in [1.82, 2.24) is 4.90 Å². The molecule has 0 heterocycles. The molecule has 1 aromatic rings. The lowest BCUT2D eigenvalue weighted by Gasteiger charge is -2.22. The smallest absolute Gasteiger partial charge is 0.122 e. The Morgan fingerprint density at radius 2 is 2.22 bits per heavy atom. The third-order valence-corrected chi connectivity index (χ3v) is 3.49. The van der Waals surface area contributed by atoms with E-state index in [1.165, 1.54) is 37.8 Å². The van der Waals surface area contributed by atoms with Gasteiger partial charge in [0.05, 0.1) is 0 Å². The molecule has 1 aliphatic rings. The van der Waals surface area contributed by atoms with E-state index in [2.05, 4.69) is 17.9 Å². The average molecular weight is 245 g/mol. The first kappa shape index (κ1) is 13.1. The number of hydrogen-bond donors (Lipinski definition) is 2. The Bertz CT molecular complexity index is 410. The summed E-state index contributed by atoms with van der Waals surface area (Å²) in [5, 5.41) is 7.49.